The number of H-pyrrole nitrogens is 1. The molecule has 0 radical (unpaired) electrons. The molecule has 1 aliphatic rings. The zero-order chi connectivity index (χ0) is 25.1. The van der Waals surface area contributed by atoms with E-state index in [1.54, 1.807) is 12.1 Å². The van der Waals surface area contributed by atoms with Crippen LogP contribution in [0.2, 0.25) is 5.02 Å². The second-order valence-corrected chi connectivity index (χ2v) is 10.4. The number of nitrogens with one attached hydrogen (secondary N) is 2. The number of aromatic amines is 1. The Morgan fingerprint density at radius 2 is 1.77 bits per heavy atom. The van der Waals surface area contributed by atoms with Crippen LogP contribution in [-0.2, 0) is 0 Å². The van der Waals surface area contributed by atoms with Crippen molar-refractivity contribution in [3.05, 3.63) is 87.3 Å². The number of aryl methyl sites for hydroxylation is 2. The number of halogens is 2. The van der Waals surface area contributed by atoms with E-state index in [1.165, 1.54) is 6.07 Å². The molecular weight excluding hydrogens is 459 g/mol. The van der Waals surface area contributed by atoms with Gasteiger partial charge in [0.25, 0.3) is 0 Å². The predicted molar refractivity (Wildman–Crippen MR) is 143 cm³/mol. The van der Waals surface area contributed by atoms with Crippen molar-refractivity contribution in [2.45, 2.75) is 52.2 Å². The smallest absolute Gasteiger partial charge is 0.157 e. The van der Waals surface area contributed by atoms with Gasteiger partial charge in [-0.2, -0.15) is 0 Å². The van der Waals surface area contributed by atoms with Gasteiger partial charge in [0.05, 0.1) is 27.7 Å². The summed E-state index contributed by atoms with van der Waals surface area (Å²) in [7, 11) is 0. The van der Waals surface area contributed by atoms with Crippen LogP contribution >= 0.6 is 11.6 Å². The zero-order valence-corrected chi connectivity index (χ0v) is 21.2. The fraction of sp³-hybridized carbons (Fsp3) is 0.267. The molecule has 5 heteroatoms. The van der Waals surface area contributed by atoms with Crippen LogP contribution in [-0.4, -0.2) is 21.7 Å². The lowest BCUT2D eigenvalue weighted by Gasteiger charge is -2.43. The Hall–Kier alpha value is -3.26. The molecule has 3 nitrogen and oxygen atoms in total. The number of aromatic nitrogens is 1. The molecule has 0 saturated carbocycles. The molecule has 178 valence electrons. The van der Waals surface area contributed by atoms with Gasteiger partial charge < -0.3 is 15.4 Å². The molecule has 0 spiro atoms. The second-order valence-electron chi connectivity index (χ2n) is 10.0. The van der Waals surface area contributed by atoms with E-state index in [1.807, 2.05) is 33.0 Å². The number of hydrogen-bond donors (Lipinski definition) is 3. The monoisotopic (exact) mass is 486 g/mol. The van der Waals surface area contributed by atoms with Crippen LogP contribution in [0.4, 0.5) is 10.1 Å². The standard InChI is InChI=1S/C30H28ClFN2O/c1-16-14-23(22-10-7-9-20-17(2)15-33-28(20)22)21(13-12-19-8-6-11-24(31)26(19)32)25-18(3)29(35)30(4,5)34-27(16)25/h6-11,14-15,18,29,33-35H,1-5H3/t18-,29?/m0/s1. The second kappa shape index (κ2) is 8.45. The van der Waals surface area contributed by atoms with Gasteiger partial charge in [-0.25, -0.2) is 4.39 Å². The van der Waals surface area contributed by atoms with E-state index in [2.05, 4.69) is 54.2 Å². The molecule has 1 aliphatic heterocycles. The Morgan fingerprint density at radius 1 is 1.03 bits per heavy atom. The van der Waals surface area contributed by atoms with Crippen LogP contribution in [0.1, 0.15) is 54.5 Å². The lowest BCUT2D eigenvalue weighted by Crippen LogP contribution is -2.50. The van der Waals surface area contributed by atoms with Crippen molar-refractivity contribution in [1.82, 2.24) is 4.98 Å². The Morgan fingerprint density at radius 3 is 2.54 bits per heavy atom. The van der Waals surface area contributed by atoms with Crippen molar-refractivity contribution < 1.29 is 9.50 Å². The average molecular weight is 487 g/mol. The van der Waals surface area contributed by atoms with Gasteiger partial charge in [-0.05, 0) is 62.6 Å². The normalized spacial score (nSPS) is 18.5. The van der Waals surface area contributed by atoms with Crippen LogP contribution < -0.4 is 5.32 Å². The summed E-state index contributed by atoms with van der Waals surface area (Å²) in [6.45, 7) is 10.2. The maximum absolute atomic E-state index is 14.7. The molecule has 4 aromatic rings. The predicted octanol–water partition coefficient (Wildman–Crippen LogP) is 7.31. The third kappa shape index (κ3) is 3.80. The molecule has 35 heavy (non-hydrogen) atoms. The Kier molecular flexibility index (Phi) is 5.67. The van der Waals surface area contributed by atoms with Gasteiger partial charge in [0.15, 0.2) is 5.82 Å². The number of rotatable bonds is 1. The summed E-state index contributed by atoms with van der Waals surface area (Å²) >= 11 is 6.01. The molecule has 1 aromatic heterocycles. The van der Waals surface area contributed by atoms with Crippen molar-refractivity contribution in [2.24, 2.45) is 0 Å². The van der Waals surface area contributed by atoms with Crippen LogP contribution in [0.5, 0.6) is 0 Å². The van der Waals surface area contributed by atoms with E-state index < -0.39 is 17.5 Å². The SMILES string of the molecule is Cc1cc(-c2cccc3c(C)c[nH]c23)c(C#Cc2cccc(Cl)c2F)c2c1NC(C)(C)C(O)[C@H]2C. The highest BCUT2D eigenvalue weighted by Gasteiger charge is 2.40. The van der Waals surface area contributed by atoms with E-state index in [4.69, 9.17) is 11.6 Å². The van der Waals surface area contributed by atoms with Crippen LogP contribution in [0, 0.1) is 31.5 Å². The fourth-order valence-electron chi connectivity index (χ4n) is 5.24. The zero-order valence-electron chi connectivity index (χ0n) is 20.5. The molecule has 0 fully saturated rings. The first-order valence-corrected chi connectivity index (χ1v) is 12.1. The highest BCUT2D eigenvalue weighted by atomic mass is 35.5. The number of benzene rings is 3. The van der Waals surface area contributed by atoms with Crippen LogP contribution in [0.3, 0.4) is 0 Å². The van der Waals surface area contributed by atoms with E-state index >= 15 is 0 Å². The molecule has 1 unspecified atom stereocenters. The number of hydrogen-bond acceptors (Lipinski definition) is 2. The molecule has 2 heterocycles. The fourth-order valence-corrected chi connectivity index (χ4v) is 5.41. The van der Waals surface area contributed by atoms with Gasteiger partial charge in [0, 0.05) is 39.9 Å². The number of aliphatic hydroxyl groups excluding tert-OH is 1. The van der Waals surface area contributed by atoms with Crippen molar-refractivity contribution in [1.29, 1.82) is 0 Å². The van der Waals surface area contributed by atoms with Crippen molar-refractivity contribution in [2.75, 3.05) is 5.32 Å². The minimum atomic E-state index is -0.628. The van der Waals surface area contributed by atoms with Crippen LogP contribution in [0.15, 0.2) is 48.7 Å². The number of aliphatic hydroxyl groups is 1. The lowest BCUT2D eigenvalue weighted by atomic mass is 9.75. The van der Waals surface area contributed by atoms with Gasteiger partial charge in [0.2, 0.25) is 0 Å². The number of fused-ring (bicyclic) bond motifs is 2. The van der Waals surface area contributed by atoms with Gasteiger partial charge in [-0.3, -0.25) is 0 Å². The number of anilines is 1. The van der Waals surface area contributed by atoms with Crippen LogP contribution in [0.25, 0.3) is 22.0 Å². The number of para-hydroxylation sites is 1. The van der Waals surface area contributed by atoms with E-state index in [-0.39, 0.29) is 16.5 Å². The molecule has 2 atom stereocenters. The van der Waals surface area contributed by atoms with E-state index in [0.717, 1.165) is 50.0 Å². The van der Waals surface area contributed by atoms with Crippen molar-refractivity contribution >= 4 is 28.2 Å². The molecule has 0 bridgehead atoms. The summed E-state index contributed by atoms with van der Waals surface area (Å²) in [4.78, 5) is 3.41. The molecular formula is C30H28ClFN2O. The Balaban J connectivity index is 1.84. The summed E-state index contributed by atoms with van der Waals surface area (Å²) < 4.78 is 14.7. The first kappa shape index (κ1) is 23.5. The summed E-state index contributed by atoms with van der Waals surface area (Å²) in [6, 6.07) is 13.2. The van der Waals surface area contributed by atoms with Crippen molar-refractivity contribution in [3.8, 4) is 23.0 Å². The maximum Gasteiger partial charge on any atom is 0.157 e. The Labute approximate surface area is 210 Å². The summed E-state index contributed by atoms with van der Waals surface area (Å²) in [5.74, 6) is 5.61. The molecule has 3 aromatic carbocycles. The summed E-state index contributed by atoms with van der Waals surface area (Å²) in [6.07, 6.45) is 1.37. The van der Waals surface area contributed by atoms with Gasteiger partial charge in [0.1, 0.15) is 0 Å². The molecule has 0 aliphatic carbocycles. The first-order chi connectivity index (χ1) is 16.6. The third-order valence-corrected chi connectivity index (χ3v) is 7.46. The summed E-state index contributed by atoms with van der Waals surface area (Å²) in [5, 5.41) is 15.9. The van der Waals surface area contributed by atoms with Gasteiger partial charge >= 0.3 is 0 Å². The van der Waals surface area contributed by atoms with E-state index in [9.17, 15) is 9.50 Å². The van der Waals surface area contributed by atoms with Gasteiger partial charge in [-0.1, -0.05) is 54.6 Å². The van der Waals surface area contributed by atoms with Gasteiger partial charge in [-0.15, -0.1) is 0 Å². The third-order valence-electron chi connectivity index (χ3n) is 7.16. The maximum atomic E-state index is 14.7. The first-order valence-electron chi connectivity index (χ1n) is 11.8. The highest BCUT2D eigenvalue weighted by Crippen LogP contribution is 2.46. The lowest BCUT2D eigenvalue weighted by molar-refractivity contribution is 0.0868. The summed E-state index contributed by atoms with van der Waals surface area (Å²) in [5.41, 5.74) is 7.66. The molecule has 0 amide bonds. The quantitative estimate of drug-likeness (QED) is 0.247. The largest absolute Gasteiger partial charge is 0.390 e. The Bertz CT molecular complexity index is 1540. The topological polar surface area (TPSA) is 48.0 Å². The van der Waals surface area contributed by atoms with Crippen molar-refractivity contribution in [3.63, 3.8) is 0 Å². The minimum absolute atomic E-state index is 0.0433. The molecule has 5 rings (SSSR count). The molecule has 3 N–H and O–H groups in total. The minimum Gasteiger partial charge on any atom is -0.390 e. The average Bonchev–Trinajstić information content (AvgIpc) is 3.20. The highest BCUT2D eigenvalue weighted by molar-refractivity contribution is 6.30. The van der Waals surface area contributed by atoms with E-state index in [0.29, 0.717) is 0 Å². The molecule has 0 saturated heterocycles.